The molecule has 0 saturated carbocycles. The van der Waals surface area contributed by atoms with Gasteiger partial charge in [0.1, 0.15) is 16.9 Å². The largest absolute Gasteiger partial charge is 0.444 e. The maximum atomic E-state index is 12.5. The van der Waals surface area contributed by atoms with Gasteiger partial charge < -0.3 is 14.4 Å². The summed E-state index contributed by atoms with van der Waals surface area (Å²) in [6.07, 6.45) is 3.12. The van der Waals surface area contributed by atoms with Crippen molar-refractivity contribution < 1.29 is 19.1 Å². The molecule has 7 heteroatoms. The number of aromatic nitrogens is 1. The minimum atomic E-state index is -0.763. The zero-order valence-electron chi connectivity index (χ0n) is 15.0. The number of carbonyl (C=O) groups is 2. The third-order valence-electron chi connectivity index (χ3n) is 4.37. The quantitative estimate of drug-likeness (QED) is 0.824. The molecule has 1 saturated heterocycles. The number of fused-ring (bicyclic) bond motifs is 1. The van der Waals surface area contributed by atoms with Gasteiger partial charge in [-0.05, 0) is 39.0 Å². The first kappa shape index (κ1) is 17.3. The number of ether oxygens (including phenoxy) is 2. The highest BCUT2D eigenvalue weighted by Crippen LogP contribution is 2.38. The molecule has 2 aliphatic rings. The van der Waals surface area contributed by atoms with Gasteiger partial charge in [0.15, 0.2) is 0 Å². The molecule has 0 N–H and O–H groups in total. The molecule has 3 rings (SSSR count). The lowest BCUT2D eigenvalue weighted by atomic mass is 9.87. The molecule has 1 unspecified atom stereocenters. The minimum absolute atomic E-state index is 0.298. The minimum Gasteiger partial charge on any atom is -0.444 e. The summed E-state index contributed by atoms with van der Waals surface area (Å²) in [6, 6.07) is 5.63. The van der Waals surface area contributed by atoms with Crippen molar-refractivity contribution in [2.75, 3.05) is 20.1 Å². The van der Waals surface area contributed by atoms with Crippen LogP contribution < -0.4 is 0 Å². The number of rotatable bonds is 2. The topological polar surface area (TPSA) is 72.0 Å². The first-order valence-electron chi connectivity index (χ1n) is 8.25. The Morgan fingerprint density at radius 1 is 1.40 bits per heavy atom. The summed E-state index contributed by atoms with van der Waals surface area (Å²) in [7, 11) is 1.69. The predicted molar refractivity (Wildman–Crippen MR) is 90.8 cm³/mol. The molecule has 0 aromatic carbocycles. The second-order valence-electron chi connectivity index (χ2n) is 7.39. The highest BCUT2D eigenvalue weighted by atomic mass is 16.6. The summed E-state index contributed by atoms with van der Waals surface area (Å²) in [4.78, 5) is 32.1. The van der Waals surface area contributed by atoms with E-state index in [0.29, 0.717) is 25.3 Å². The molecule has 1 fully saturated rings. The maximum Gasteiger partial charge on any atom is 0.415 e. The molecule has 1 aromatic rings. The zero-order valence-corrected chi connectivity index (χ0v) is 15.0. The molecular weight excluding hydrogens is 322 g/mol. The van der Waals surface area contributed by atoms with E-state index in [1.807, 2.05) is 39.0 Å². The van der Waals surface area contributed by atoms with Gasteiger partial charge in [0.25, 0.3) is 0 Å². The van der Waals surface area contributed by atoms with Gasteiger partial charge in [-0.2, -0.15) is 0 Å². The maximum absolute atomic E-state index is 12.5. The van der Waals surface area contributed by atoms with Crippen LogP contribution in [-0.2, 0) is 15.9 Å². The van der Waals surface area contributed by atoms with Crippen molar-refractivity contribution in [3.8, 4) is 0 Å². The number of likely N-dealkylation sites (N-methyl/N-ethyl adjacent to an activating group) is 1. The van der Waals surface area contributed by atoms with Gasteiger partial charge >= 0.3 is 12.2 Å². The Hall–Kier alpha value is -2.57. The molecule has 1 aromatic heterocycles. The summed E-state index contributed by atoms with van der Waals surface area (Å²) in [6.45, 7) is 6.12. The van der Waals surface area contributed by atoms with Gasteiger partial charge in [-0.3, -0.25) is 9.88 Å². The fourth-order valence-corrected chi connectivity index (χ4v) is 3.12. The fourth-order valence-electron chi connectivity index (χ4n) is 3.12. The summed E-state index contributed by atoms with van der Waals surface area (Å²) in [5.74, 6) is 0.575. The van der Waals surface area contributed by atoms with E-state index < -0.39 is 23.3 Å². The lowest BCUT2D eigenvalue weighted by Crippen LogP contribution is -2.57. The molecule has 0 aliphatic carbocycles. The highest BCUT2D eigenvalue weighted by Gasteiger charge is 2.53. The molecule has 25 heavy (non-hydrogen) atoms. The molecule has 0 bridgehead atoms. The Bertz CT molecular complexity index is 711. The van der Waals surface area contributed by atoms with Crippen LogP contribution in [0.25, 0.3) is 0 Å². The average molecular weight is 345 g/mol. The van der Waals surface area contributed by atoms with E-state index in [0.717, 1.165) is 5.69 Å². The fraction of sp³-hybridized carbons (Fsp3) is 0.500. The molecular formula is C18H23N3O4. The van der Waals surface area contributed by atoms with Crippen LogP contribution in [-0.4, -0.2) is 58.2 Å². The SMILES string of the molecule is CN1C(=O)OC2=CCN(C(=O)OC(C)(C)C)CC21Cc1ccccn1. The molecule has 2 amide bonds. The molecule has 2 aliphatic heterocycles. The average Bonchev–Trinajstić information content (AvgIpc) is 2.78. The Balaban J connectivity index is 1.90. The van der Waals surface area contributed by atoms with Crippen LogP contribution in [0.2, 0.25) is 0 Å². The van der Waals surface area contributed by atoms with E-state index in [4.69, 9.17) is 9.47 Å². The van der Waals surface area contributed by atoms with Crippen LogP contribution in [0.4, 0.5) is 9.59 Å². The normalized spacial score (nSPS) is 23.0. The van der Waals surface area contributed by atoms with E-state index >= 15 is 0 Å². The molecule has 0 spiro atoms. The number of nitrogens with zero attached hydrogens (tertiary/aromatic N) is 3. The number of carbonyl (C=O) groups excluding carboxylic acids is 2. The Morgan fingerprint density at radius 2 is 2.16 bits per heavy atom. The van der Waals surface area contributed by atoms with Gasteiger partial charge in [0.05, 0.1) is 6.54 Å². The molecule has 0 radical (unpaired) electrons. The number of hydrogen-bond donors (Lipinski definition) is 0. The van der Waals surface area contributed by atoms with Crippen molar-refractivity contribution in [3.63, 3.8) is 0 Å². The van der Waals surface area contributed by atoms with Crippen molar-refractivity contribution in [1.29, 1.82) is 0 Å². The second kappa shape index (κ2) is 6.06. The van der Waals surface area contributed by atoms with Crippen LogP contribution >= 0.6 is 0 Å². The summed E-state index contributed by atoms with van der Waals surface area (Å²) in [5.41, 5.74) is -0.520. The van der Waals surface area contributed by atoms with Crippen molar-refractivity contribution in [1.82, 2.24) is 14.8 Å². The van der Waals surface area contributed by atoms with Crippen LogP contribution in [0.15, 0.2) is 36.2 Å². The number of hydrogen-bond acceptors (Lipinski definition) is 5. The monoisotopic (exact) mass is 345 g/mol. The van der Waals surface area contributed by atoms with Crippen molar-refractivity contribution >= 4 is 12.2 Å². The second-order valence-corrected chi connectivity index (χ2v) is 7.39. The first-order valence-corrected chi connectivity index (χ1v) is 8.25. The van der Waals surface area contributed by atoms with Crippen LogP contribution in [0, 0.1) is 0 Å². The Labute approximate surface area is 147 Å². The van der Waals surface area contributed by atoms with Crippen LogP contribution in [0.3, 0.4) is 0 Å². The molecule has 7 nitrogen and oxygen atoms in total. The molecule has 3 heterocycles. The van der Waals surface area contributed by atoms with E-state index in [-0.39, 0.29) is 0 Å². The van der Waals surface area contributed by atoms with Crippen molar-refractivity contribution in [3.05, 3.63) is 41.9 Å². The van der Waals surface area contributed by atoms with E-state index in [9.17, 15) is 9.59 Å². The molecule has 134 valence electrons. The third kappa shape index (κ3) is 3.31. The smallest absolute Gasteiger partial charge is 0.415 e. The van der Waals surface area contributed by atoms with E-state index in [1.165, 1.54) is 0 Å². The lowest BCUT2D eigenvalue weighted by Gasteiger charge is -2.41. The van der Waals surface area contributed by atoms with Gasteiger partial charge in [-0.1, -0.05) is 6.07 Å². The van der Waals surface area contributed by atoms with Crippen molar-refractivity contribution in [2.24, 2.45) is 0 Å². The Kier molecular flexibility index (Phi) is 4.18. The summed E-state index contributed by atoms with van der Waals surface area (Å²) in [5, 5.41) is 0. The van der Waals surface area contributed by atoms with Gasteiger partial charge in [-0.25, -0.2) is 9.59 Å². The van der Waals surface area contributed by atoms with E-state index in [1.54, 1.807) is 29.1 Å². The van der Waals surface area contributed by atoms with Gasteiger partial charge in [-0.15, -0.1) is 0 Å². The molecule has 1 atom stereocenters. The van der Waals surface area contributed by atoms with Crippen LogP contribution in [0.1, 0.15) is 26.5 Å². The van der Waals surface area contributed by atoms with Crippen molar-refractivity contribution in [2.45, 2.75) is 38.3 Å². The summed E-state index contributed by atoms with van der Waals surface area (Å²) < 4.78 is 10.9. The first-order chi connectivity index (χ1) is 11.7. The number of pyridine rings is 1. The van der Waals surface area contributed by atoms with Crippen LogP contribution in [0.5, 0.6) is 0 Å². The van der Waals surface area contributed by atoms with Gasteiger partial charge in [0, 0.05) is 31.9 Å². The standard InChI is InChI=1S/C18H23N3O4/c1-17(2,3)25-16(23)21-10-8-14-18(12-21,20(4)15(22)24-14)11-13-7-5-6-9-19-13/h5-9H,10-12H2,1-4H3. The van der Waals surface area contributed by atoms with E-state index in [2.05, 4.69) is 4.98 Å². The predicted octanol–water partition coefficient (Wildman–Crippen LogP) is 2.58. The number of amides is 2. The zero-order chi connectivity index (χ0) is 18.2. The highest BCUT2D eigenvalue weighted by molar-refractivity contribution is 5.76. The van der Waals surface area contributed by atoms with Gasteiger partial charge in [0.2, 0.25) is 0 Å². The third-order valence-corrected chi connectivity index (χ3v) is 4.37. The summed E-state index contributed by atoms with van der Waals surface area (Å²) >= 11 is 0. The Morgan fingerprint density at radius 3 is 2.80 bits per heavy atom. The lowest BCUT2D eigenvalue weighted by molar-refractivity contribution is 0.0168.